The predicted molar refractivity (Wildman–Crippen MR) is 79.5 cm³/mol. The van der Waals surface area contributed by atoms with E-state index in [1.165, 1.54) is 24.6 Å². The van der Waals surface area contributed by atoms with Crippen molar-refractivity contribution in [3.63, 3.8) is 0 Å². The first-order valence-corrected chi connectivity index (χ1v) is 7.77. The van der Waals surface area contributed by atoms with Crippen LogP contribution in [0.1, 0.15) is 25.7 Å². The van der Waals surface area contributed by atoms with Crippen LogP contribution in [-0.2, 0) is 4.79 Å². The van der Waals surface area contributed by atoms with Crippen LogP contribution in [0.3, 0.4) is 0 Å². The topological polar surface area (TPSA) is 81.1 Å². The molecule has 20 heavy (non-hydrogen) atoms. The second-order valence-electron chi connectivity index (χ2n) is 5.04. The van der Waals surface area contributed by atoms with Gasteiger partial charge in [-0.3, -0.25) is 4.79 Å². The molecular formula is C14H17N3O2S. The van der Waals surface area contributed by atoms with Crippen molar-refractivity contribution in [2.24, 2.45) is 0 Å². The molecule has 3 N–H and O–H groups in total. The lowest BCUT2D eigenvalue weighted by molar-refractivity contribution is -0.119. The average Bonchev–Trinajstić information content (AvgIpc) is 3.04. The second-order valence-corrected chi connectivity index (χ2v) is 5.97. The van der Waals surface area contributed by atoms with Crippen molar-refractivity contribution >= 4 is 34.5 Å². The van der Waals surface area contributed by atoms with Gasteiger partial charge >= 0.3 is 0 Å². The largest absolute Gasteiger partial charge is 0.431 e. The zero-order valence-corrected chi connectivity index (χ0v) is 11.9. The number of nitrogens with zero attached hydrogens (tertiary/aromatic N) is 1. The standard InChI is InChI=1S/C14H17N3O2S/c15-9-5-6-12-11(7-9)17-14(19-12)20-8-13(18)16-10-3-1-2-4-10/h5-7,10H,1-4,8,15H2,(H,16,18). The third kappa shape index (κ3) is 3.07. The fourth-order valence-corrected chi connectivity index (χ4v) is 3.10. The monoisotopic (exact) mass is 291 g/mol. The fourth-order valence-electron chi connectivity index (χ4n) is 2.45. The molecule has 6 heteroatoms. The highest BCUT2D eigenvalue weighted by molar-refractivity contribution is 7.99. The molecule has 0 aliphatic heterocycles. The summed E-state index contributed by atoms with van der Waals surface area (Å²) in [5.74, 6) is 0.377. The number of fused-ring (bicyclic) bond motifs is 1. The van der Waals surface area contributed by atoms with Crippen LogP contribution < -0.4 is 11.1 Å². The molecule has 1 aliphatic rings. The van der Waals surface area contributed by atoms with Crippen molar-refractivity contribution < 1.29 is 9.21 Å². The molecule has 0 bridgehead atoms. The number of nitrogens with one attached hydrogen (secondary N) is 1. The summed E-state index contributed by atoms with van der Waals surface area (Å²) in [6.07, 6.45) is 4.62. The first-order valence-electron chi connectivity index (χ1n) is 6.79. The number of hydrogen-bond donors (Lipinski definition) is 2. The first-order chi connectivity index (χ1) is 9.70. The van der Waals surface area contributed by atoms with Gasteiger partial charge in [0, 0.05) is 11.7 Å². The van der Waals surface area contributed by atoms with Gasteiger partial charge in [-0.1, -0.05) is 24.6 Å². The number of oxazole rings is 1. The van der Waals surface area contributed by atoms with E-state index in [2.05, 4.69) is 10.3 Å². The number of aromatic nitrogens is 1. The highest BCUT2D eigenvalue weighted by atomic mass is 32.2. The van der Waals surface area contributed by atoms with E-state index in [-0.39, 0.29) is 5.91 Å². The minimum absolute atomic E-state index is 0.0451. The molecule has 1 aromatic carbocycles. The van der Waals surface area contributed by atoms with Crippen LogP contribution in [0.15, 0.2) is 27.8 Å². The summed E-state index contributed by atoms with van der Waals surface area (Å²) in [4.78, 5) is 16.1. The Kier molecular flexibility index (Phi) is 3.82. The molecule has 0 atom stereocenters. The smallest absolute Gasteiger partial charge is 0.257 e. The van der Waals surface area contributed by atoms with Gasteiger partial charge in [0.25, 0.3) is 5.22 Å². The molecule has 1 aliphatic carbocycles. The molecule has 3 rings (SSSR count). The number of carbonyl (C=O) groups is 1. The van der Waals surface area contributed by atoms with Crippen LogP contribution in [0.4, 0.5) is 5.69 Å². The van der Waals surface area contributed by atoms with Crippen molar-refractivity contribution in [2.45, 2.75) is 36.9 Å². The van der Waals surface area contributed by atoms with E-state index in [0.717, 1.165) is 18.4 Å². The normalized spacial score (nSPS) is 15.8. The molecule has 2 aromatic rings. The zero-order valence-electron chi connectivity index (χ0n) is 11.1. The Hall–Kier alpha value is -1.69. The summed E-state index contributed by atoms with van der Waals surface area (Å²) in [5, 5.41) is 3.55. The summed E-state index contributed by atoms with van der Waals surface area (Å²) in [6, 6.07) is 5.68. The zero-order chi connectivity index (χ0) is 13.9. The van der Waals surface area contributed by atoms with Crippen molar-refractivity contribution in [1.29, 1.82) is 0 Å². The van der Waals surface area contributed by atoms with Crippen molar-refractivity contribution in [3.8, 4) is 0 Å². The first kappa shape index (κ1) is 13.3. The molecule has 1 aromatic heterocycles. The Bertz CT molecular complexity index is 620. The van der Waals surface area contributed by atoms with Gasteiger partial charge in [-0.25, -0.2) is 4.98 Å². The van der Waals surface area contributed by atoms with Gasteiger partial charge in [0.15, 0.2) is 5.58 Å². The number of rotatable bonds is 4. The van der Waals surface area contributed by atoms with Crippen molar-refractivity contribution in [3.05, 3.63) is 18.2 Å². The minimum Gasteiger partial charge on any atom is -0.431 e. The van der Waals surface area contributed by atoms with E-state index in [1.807, 2.05) is 0 Å². The molecule has 1 amide bonds. The molecule has 1 fully saturated rings. The van der Waals surface area contributed by atoms with E-state index < -0.39 is 0 Å². The van der Waals surface area contributed by atoms with Crippen LogP contribution in [0.25, 0.3) is 11.1 Å². The third-order valence-corrected chi connectivity index (χ3v) is 4.27. The Morgan fingerprint density at radius 2 is 2.25 bits per heavy atom. The molecule has 0 spiro atoms. The van der Waals surface area contributed by atoms with E-state index in [0.29, 0.717) is 28.3 Å². The van der Waals surface area contributed by atoms with Crippen LogP contribution in [0.2, 0.25) is 0 Å². The molecular weight excluding hydrogens is 274 g/mol. The molecule has 0 saturated heterocycles. The van der Waals surface area contributed by atoms with Gasteiger partial charge in [-0.15, -0.1) is 0 Å². The highest BCUT2D eigenvalue weighted by Gasteiger charge is 2.17. The maximum atomic E-state index is 11.8. The SMILES string of the molecule is Nc1ccc2oc(SCC(=O)NC3CCCC3)nc2c1. The molecule has 1 heterocycles. The lowest BCUT2D eigenvalue weighted by Crippen LogP contribution is -2.33. The predicted octanol–water partition coefficient (Wildman–Crippen LogP) is 2.56. The number of benzene rings is 1. The van der Waals surface area contributed by atoms with E-state index in [1.54, 1.807) is 18.2 Å². The molecule has 1 saturated carbocycles. The Morgan fingerprint density at radius 1 is 1.45 bits per heavy atom. The van der Waals surface area contributed by atoms with Gasteiger partial charge in [0.1, 0.15) is 5.52 Å². The average molecular weight is 291 g/mol. The summed E-state index contributed by atoms with van der Waals surface area (Å²) in [6.45, 7) is 0. The number of hydrogen-bond acceptors (Lipinski definition) is 5. The number of amides is 1. The van der Waals surface area contributed by atoms with Crippen LogP contribution in [0, 0.1) is 0 Å². The maximum Gasteiger partial charge on any atom is 0.257 e. The number of carbonyl (C=O) groups excluding carboxylic acids is 1. The minimum atomic E-state index is 0.0451. The number of thioether (sulfide) groups is 1. The summed E-state index contributed by atoms with van der Waals surface area (Å²) in [7, 11) is 0. The Balaban J connectivity index is 1.57. The number of nitrogens with two attached hydrogens (primary N) is 1. The van der Waals surface area contributed by atoms with E-state index in [4.69, 9.17) is 10.2 Å². The van der Waals surface area contributed by atoms with Gasteiger partial charge in [-0.05, 0) is 31.0 Å². The Labute approximate surface area is 121 Å². The Morgan fingerprint density at radius 3 is 3.05 bits per heavy atom. The lowest BCUT2D eigenvalue weighted by Gasteiger charge is -2.10. The van der Waals surface area contributed by atoms with Gasteiger partial charge in [-0.2, -0.15) is 0 Å². The van der Waals surface area contributed by atoms with Crippen LogP contribution in [0.5, 0.6) is 0 Å². The highest BCUT2D eigenvalue weighted by Crippen LogP contribution is 2.25. The van der Waals surface area contributed by atoms with Crippen LogP contribution in [-0.4, -0.2) is 22.7 Å². The van der Waals surface area contributed by atoms with E-state index in [9.17, 15) is 4.79 Å². The number of anilines is 1. The van der Waals surface area contributed by atoms with Gasteiger partial charge < -0.3 is 15.5 Å². The quantitative estimate of drug-likeness (QED) is 0.668. The molecule has 0 radical (unpaired) electrons. The van der Waals surface area contributed by atoms with Crippen molar-refractivity contribution in [2.75, 3.05) is 11.5 Å². The van der Waals surface area contributed by atoms with Crippen LogP contribution >= 0.6 is 11.8 Å². The number of nitrogen functional groups attached to an aromatic ring is 1. The lowest BCUT2D eigenvalue weighted by atomic mass is 10.2. The third-order valence-electron chi connectivity index (χ3n) is 3.44. The molecule has 0 unspecified atom stereocenters. The van der Waals surface area contributed by atoms with Gasteiger partial charge in [0.2, 0.25) is 5.91 Å². The summed E-state index contributed by atoms with van der Waals surface area (Å²) >= 11 is 1.31. The molecule has 5 nitrogen and oxygen atoms in total. The maximum absolute atomic E-state index is 11.8. The van der Waals surface area contributed by atoms with E-state index >= 15 is 0 Å². The second kappa shape index (κ2) is 5.75. The summed E-state index contributed by atoms with van der Waals surface area (Å²) in [5.41, 5.74) is 7.77. The van der Waals surface area contributed by atoms with Gasteiger partial charge in [0.05, 0.1) is 5.75 Å². The van der Waals surface area contributed by atoms with Crippen molar-refractivity contribution in [1.82, 2.24) is 10.3 Å². The molecule has 106 valence electrons. The summed E-state index contributed by atoms with van der Waals surface area (Å²) < 4.78 is 5.56. The fraction of sp³-hybridized carbons (Fsp3) is 0.429.